The lowest BCUT2D eigenvalue weighted by atomic mass is 10.1. The monoisotopic (exact) mass is 466 g/mol. The van der Waals surface area contributed by atoms with Gasteiger partial charge in [0.25, 0.3) is 5.56 Å². The highest BCUT2D eigenvalue weighted by molar-refractivity contribution is 5.94. The molecule has 9 nitrogen and oxygen atoms in total. The summed E-state index contributed by atoms with van der Waals surface area (Å²) in [4.78, 5) is 43.1. The SMILES string of the molecule is CCN(CC)c1ccc(C(F)(F)F)cc1NC(=O)CCn1cnc2c1c(=O)n(C)c(=O)n2C. The van der Waals surface area contributed by atoms with Crippen molar-refractivity contribution < 1.29 is 18.0 Å². The summed E-state index contributed by atoms with van der Waals surface area (Å²) in [6.45, 7) is 4.88. The van der Waals surface area contributed by atoms with Crippen LogP contribution in [0.1, 0.15) is 25.8 Å². The minimum Gasteiger partial charge on any atom is -0.370 e. The van der Waals surface area contributed by atoms with E-state index in [1.807, 2.05) is 18.7 Å². The number of carbonyl (C=O) groups excluding carboxylic acids is 1. The number of carbonyl (C=O) groups is 1. The average molecular weight is 466 g/mol. The highest BCUT2D eigenvalue weighted by Gasteiger charge is 2.31. The van der Waals surface area contributed by atoms with Gasteiger partial charge < -0.3 is 14.8 Å². The summed E-state index contributed by atoms with van der Waals surface area (Å²) in [7, 11) is 2.83. The number of hydrogen-bond donors (Lipinski definition) is 1. The third-order valence-electron chi connectivity index (χ3n) is 5.50. The lowest BCUT2D eigenvalue weighted by Gasteiger charge is -2.25. The van der Waals surface area contributed by atoms with Crippen LogP contribution in [0.5, 0.6) is 0 Å². The summed E-state index contributed by atoms with van der Waals surface area (Å²) in [6, 6.07) is 3.25. The van der Waals surface area contributed by atoms with Crippen LogP contribution in [0.3, 0.4) is 0 Å². The lowest BCUT2D eigenvalue weighted by molar-refractivity contribution is -0.137. The molecule has 0 aliphatic carbocycles. The molecule has 0 radical (unpaired) electrons. The fraction of sp³-hybridized carbons (Fsp3) is 0.429. The maximum Gasteiger partial charge on any atom is 0.416 e. The van der Waals surface area contributed by atoms with Crippen molar-refractivity contribution in [3.8, 4) is 0 Å². The Balaban J connectivity index is 1.87. The van der Waals surface area contributed by atoms with Gasteiger partial charge in [-0.05, 0) is 32.0 Å². The molecule has 3 rings (SSSR count). The molecule has 2 aromatic heterocycles. The van der Waals surface area contributed by atoms with Gasteiger partial charge in [0.05, 0.1) is 23.3 Å². The van der Waals surface area contributed by atoms with Crippen LogP contribution in [-0.4, -0.2) is 37.7 Å². The van der Waals surface area contributed by atoms with Gasteiger partial charge in [0.1, 0.15) is 0 Å². The van der Waals surface area contributed by atoms with Gasteiger partial charge in [0.15, 0.2) is 11.2 Å². The molecule has 12 heteroatoms. The molecule has 0 saturated carbocycles. The number of aryl methyl sites for hydroxylation is 2. The summed E-state index contributed by atoms with van der Waals surface area (Å²) in [5, 5.41) is 2.58. The third-order valence-corrected chi connectivity index (χ3v) is 5.50. The number of hydrogen-bond acceptors (Lipinski definition) is 5. The molecule has 0 atom stereocenters. The number of imidazole rings is 1. The summed E-state index contributed by atoms with van der Waals surface area (Å²) in [6.07, 6.45) is -3.32. The van der Waals surface area contributed by atoms with Crippen molar-refractivity contribution in [2.45, 2.75) is 33.0 Å². The largest absolute Gasteiger partial charge is 0.416 e. The van der Waals surface area contributed by atoms with Crippen molar-refractivity contribution in [3.05, 3.63) is 50.9 Å². The Morgan fingerprint density at radius 2 is 1.79 bits per heavy atom. The maximum atomic E-state index is 13.2. The molecule has 33 heavy (non-hydrogen) atoms. The molecule has 1 aromatic carbocycles. The Kier molecular flexibility index (Phi) is 6.65. The zero-order chi connectivity index (χ0) is 24.5. The van der Waals surface area contributed by atoms with E-state index in [4.69, 9.17) is 0 Å². The van der Waals surface area contributed by atoms with Gasteiger partial charge in [-0.25, -0.2) is 9.78 Å². The Morgan fingerprint density at radius 1 is 1.12 bits per heavy atom. The molecular formula is C21H25F3N6O3. The Hall–Kier alpha value is -3.57. The first-order chi connectivity index (χ1) is 15.5. The number of halogens is 3. The standard InChI is InChI=1S/C21H25F3N6O3/c1-5-29(6-2)15-8-7-13(21(22,23)24)11-14(15)26-16(31)9-10-30-12-25-18-17(30)19(32)28(4)20(33)27(18)3/h7-8,11-12H,5-6,9-10H2,1-4H3,(H,26,31). The number of alkyl halides is 3. The second-order valence-electron chi connectivity index (χ2n) is 7.52. The van der Waals surface area contributed by atoms with Gasteiger partial charge in [-0.15, -0.1) is 0 Å². The van der Waals surface area contributed by atoms with Crippen LogP contribution in [0.15, 0.2) is 34.1 Å². The minimum atomic E-state index is -4.55. The smallest absolute Gasteiger partial charge is 0.370 e. The number of aromatic nitrogens is 4. The van der Waals surface area contributed by atoms with E-state index in [2.05, 4.69) is 10.3 Å². The highest BCUT2D eigenvalue weighted by Crippen LogP contribution is 2.35. The zero-order valence-corrected chi connectivity index (χ0v) is 18.7. The predicted octanol–water partition coefficient (Wildman–Crippen LogP) is 2.33. The summed E-state index contributed by atoms with van der Waals surface area (Å²) < 4.78 is 43.3. The van der Waals surface area contributed by atoms with Crippen molar-refractivity contribution in [1.82, 2.24) is 18.7 Å². The zero-order valence-electron chi connectivity index (χ0n) is 18.7. The van der Waals surface area contributed by atoms with Gasteiger partial charge in [0, 0.05) is 40.2 Å². The van der Waals surface area contributed by atoms with Crippen molar-refractivity contribution in [2.75, 3.05) is 23.3 Å². The number of amides is 1. The van der Waals surface area contributed by atoms with E-state index in [1.165, 1.54) is 35.6 Å². The number of benzene rings is 1. The number of anilines is 2. The third kappa shape index (κ3) is 4.64. The van der Waals surface area contributed by atoms with Crippen LogP contribution in [0, 0.1) is 0 Å². The van der Waals surface area contributed by atoms with Gasteiger partial charge in [-0.1, -0.05) is 0 Å². The van der Waals surface area contributed by atoms with Gasteiger partial charge >= 0.3 is 11.9 Å². The number of rotatable bonds is 7. The summed E-state index contributed by atoms with van der Waals surface area (Å²) in [5.41, 5.74) is -1.04. The topological polar surface area (TPSA) is 94.2 Å². The highest BCUT2D eigenvalue weighted by atomic mass is 19.4. The normalized spacial score (nSPS) is 11.7. The van der Waals surface area contributed by atoms with Gasteiger partial charge in [-0.2, -0.15) is 13.2 Å². The lowest BCUT2D eigenvalue weighted by Crippen LogP contribution is -2.37. The molecule has 0 bridgehead atoms. The van der Waals surface area contributed by atoms with Gasteiger partial charge in [-0.3, -0.25) is 18.7 Å². The van der Waals surface area contributed by atoms with Crippen LogP contribution in [0.25, 0.3) is 11.2 Å². The molecule has 0 spiro atoms. The van der Waals surface area contributed by atoms with Crippen molar-refractivity contribution >= 4 is 28.4 Å². The molecule has 0 saturated heterocycles. The maximum absolute atomic E-state index is 13.2. The second kappa shape index (κ2) is 9.12. The molecule has 3 aromatic rings. The van der Waals surface area contributed by atoms with Crippen molar-refractivity contribution in [1.29, 1.82) is 0 Å². The molecule has 0 fully saturated rings. The fourth-order valence-electron chi connectivity index (χ4n) is 3.65. The van der Waals surface area contributed by atoms with Gasteiger partial charge in [0.2, 0.25) is 5.91 Å². The molecule has 0 aliphatic heterocycles. The van der Waals surface area contributed by atoms with Crippen LogP contribution >= 0.6 is 0 Å². The van der Waals surface area contributed by atoms with Crippen LogP contribution in [-0.2, 0) is 31.6 Å². The van der Waals surface area contributed by atoms with E-state index in [-0.39, 0.29) is 29.8 Å². The molecule has 0 aliphatic rings. The first-order valence-corrected chi connectivity index (χ1v) is 10.4. The Morgan fingerprint density at radius 3 is 2.39 bits per heavy atom. The molecule has 0 unspecified atom stereocenters. The molecule has 178 valence electrons. The van der Waals surface area contributed by atoms with E-state index in [0.29, 0.717) is 18.8 Å². The minimum absolute atomic E-state index is 0.0509. The molecule has 1 amide bonds. The second-order valence-corrected chi connectivity index (χ2v) is 7.52. The van der Waals surface area contributed by atoms with E-state index in [0.717, 1.165) is 16.7 Å². The summed E-state index contributed by atoms with van der Waals surface area (Å²) in [5.74, 6) is -0.522. The van der Waals surface area contributed by atoms with E-state index in [9.17, 15) is 27.6 Å². The molecular weight excluding hydrogens is 441 g/mol. The van der Waals surface area contributed by atoms with Crippen molar-refractivity contribution in [3.63, 3.8) is 0 Å². The molecule has 2 heterocycles. The first-order valence-electron chi connectivity index (χ1n) is 10.4. The summed E-state index contributed by atoms with van der Waals surface area (Å²) >= 11 is 0. The first kappa shape index (κ1) is 24.1. The van der Waals surface area contributed by atoms with E-state index in [1.54, 1.807) is 0 Å². The quantitative estimate of drug-likeness (QED) is 0.577. The van der Waals surface area contributed by atoms with E-state index < -0.39 is 28.9 Å². The average Bonchev–Trinajstić information content (AvgIpc) is 3.20. The molecule has 1 N–H and O–H groups in total. The fourth-order valence-corrected chi connectivity index (χ4v) is 3.65. The Labute approximate surface area is 187 Å². The van der Waals surface area contributed by atoms with Crippen LogP contribution in [0.2, 0.25) is 0 Å². The van der Waals surface area contributed by atoms with Crippen molar-refractivity contribution in [2.24, 2.45) is 14.1 Å². The van der Waals surface area contributed by atoms with Crippen LogP contribution in [0.4, 0.5) is 24.5 Å². The Bertz CT molecular complexity index is 1300. The predicted molar refractivity (Wildman–Crippen MR) is 118 cm³/mol. The van der Waals surface area contributed by atoms with E-state index >= 15 is 0 Å². The number of nitrogens with one attached hydrogen (secondary N) is 1. The number of nitrogens with zero attached hydrogens (tertiary/aromatic N) is 5. The number of fused-ring (bicyclic) bond motifs is 1. The van der Waals surface area contributed by atoms with Crippen LogP contribution < -0.4 is 21.5 Å².